The molecule has 0 aliphatic carbocycles. The molecule has 0 aromatic rings. The fraction of sp³-hybridized carbons (Fsp3) is 0.889. The Hall–Kier alpha value is -0.410. The van der Waals surface area contributed by atoms with E-state index in [2.05, 4.69) is 4.90 Å². The highest BCUT2D eigenvalue weighted by Crippen LogP contribution is 2.11. The highest BCUT2D eigenvalue weighted by molar-refractivity contribution is 5.77. The Kier molecular flexibility index (Phi) is 3.69. The van der Waals surface area contributed by atoms with Gasteiger partial charge in [0.1, 0.15) is 5.78 Å². The molecule has 0 bridgehead atoms. The monoisotopic (exact) mass is 171 g/mol. The van der Waals surface area contributed by atoms with Crippen LogP contribution in [-0.2, 0) is 9.53 Å². The van der Waals surface area contributed by atoms with Crippen molar-refractivity contribution >= 4 is 5.78 Å². The number of hydrogen-bond acceptors (Lipinski definition) is 3. The molecular formula is C9H17NO2. The summed E-state index contributed by atoms with van der Waals surface area (Å²) in [5, 5.41) is 0. The summed E-state index contributed by atoms with van der Waals surface area (Å²) in [5.74, 6) is 0.240. The van der Waals surface area contributed by atoms with Crippen molar-refractivity contribution in [3.8, 4) is 0 Å². The lowest BCUT2D eigenvalue weighted by atomic mass is 10.1. The topological polar surface area (TPSA) is 29.5 Å². The molecule has 0 atom stereocenters. The number of hydrogen-bond donors (Lipinski definition) is 0. The van der Waals surface area contributed by atoms with Gasteiger partial charge in [0.05, 0.1) is 6.54 Å². The van der Waals surface area contributed by atoms with Crippen LogP contribution in [0.15, 0.2) is 0 Å². The summed E-state index contributed by atoms with van der Waals surface area (Å²) >= 11 is 0. The lowest BCUT2D eigenvalue weighted by molar-refractivity contribution is -0.118. The summed E-state index contributed by atoms with van der Waals surface area (Å²) in [6.45, 7) is 3.89. The van der Waals surface area contributed by atoms with E-state index in [1.54, 1.807) is 6.92 Å². The molecule has 1 rings (SSSR count). The number of carbonyl (C=O) groups is 1. The fourth-order valence-electron chi connectivity index (χ4n) is 1.61. The van der Waals surface area contributed by atoms with Crippen LogP contribution in [0.5, 0.6) is 0 Å². The van der Waals surface area contributed by atoms with Gasteiger partial charge in [-0.25, -0.2) is 0 Å². The number of ketones is 1. The quantitative estimate of drug-likeness (QED) is 0.625. The van der Waals surface area contributed by atoms with Crippen molar-refractivity contribution in [3.63, 3.8) is 0 Å². The molecule has 3 heteroatoms. The summed E-state index contributed by atoms with van der Waals surface area (Å²) in [5.41, 5.74) is 0. The van der Waals surface area contributed by atoms with E-state index in [4.69, 9.17) is 4.74 Å². The summed E-state index contributed by atoms with van der Waals surface area (Å²) < 4.78 is 5.24. The molecule has 0 aromatic heterocycles. The van der Waals surface area contributed by atoms with Crippen LogP contribution in [0, 0.1) is 0 Å². The van der Waals surface area contributed by atoms with E-state index < -0.39 is 0 Å². The lowest BCUT2D eigenvalue weighted by Crippen LogP contribution is -2.39. The Bertz CT molecular complexity index is 153. The average molecular weight is 171 g/mol. The minimum absolute atomic E-state index is 0.240. The molecular weight excluding hydrogens is 154 g/mol. The number of rotatable bonds is 3. The summed E-state index contributed by atoms with van der Waals surface area (Å²) in [6, 6.07) is 0.544. The van der Waals surface area contributed by atoms with Gasteiger partial charge in [-0.2, -0.15) is 0 Å². The van der Waals surface area contributed by atoms with E-state index in [0.717, 1.165) is 26.1 Å². The molecule has 0 amide bonds. The fourth-order valence-corrected chi connectivity index (χ4v) is 1.61. The van der Waals surface area contributed by atoms with Gasteiger partial charge < -0.3 is 4.74 Å². The van der Waals surface area contributed by atoms with Crippen LogP contribution in [0.25, 0.3) is 0 Å². The van der Waals surface area contributed by atoms with Gasteiger partial charge in [-0.05, 0) is 26.8 Å². The first-order valence-electron chi connectivity index (χ1n) is 4.47. The molecule has 0 radical (unpaired) electrons. The van der Waals surface area contributed by atoms with Gasteiger partial charge in [-0.1, -0.05) is 0 Å². The average Bonchev–Trinajstić information content (AvgIpc) is 2.05. The van der Waals surface area contributed by atoms with Gasteiger partial charge in [0.2, 0.25) is 0 Å². The van der Waals surface area contributed by atoms with Crippen LogP contribution in [0.4, 0.5) is 0 Å². The Morgan fingerprint density at radius 1 is 1.50 bits per heavy atom. The summed E-state index contributed by atoms with van der Waals surface area (Å²) in [4.78, 5) is 13.0. The van der Waals surface area contributed by atoms with Gasteiger partial charge in [-0.15, -0.1) is 0 Å². The van der Waals surface area contributed by atoms with Crippen molar-refractivity contribution in [1.29, 1.82) is 0 Å². The second-order valence-electron chi connectivity index (χ2n) is 3.46. The van der Waals surface area contributed by atoms with Crippen molar-refractivity contribution in [3.05, 3.63) is 0 Å². The van der Waals surface area contributed by atoms with Gasteiger partial charge in [0.25, 0.3) is 0 Å². The maximum absolute atomic E-state index is 10.8. The molecule has 12 heavy (non-hydrogen) atoms. The SMILES string of the molecule is CC(=O)CN(C)C1CCOCC1. The van der Waals surface area contributed by atoms with E-state index in [1.807, 2.05) is 7.05 Å². The van der Waals surface area contributed by atoms with Gasteiger partial charge >= 0.3 is 0 Å². The van der Waals surface area contributed by atoms with Crippen LogP contribution in [-0.4, -0.2) is 43.5 Å². The van der Waals surface area contributed by atoms with Gasteiger partial charge in [0.15, 0.2) is 0 Å². The number of ether oxygens (including phenoxy) is 1. The highest BCUT2D eigenvalue weighted by Gasteiger charge is 2.18. The first kappa shape index (κ1) is 9.68. The third kappa shape index (κ3) is 2.91. The van der Waals surface area contributed by atoms with Crippen molar-refractivity contribution in [2.45, 2.75) is 25.8 Å². The van der Waals surface area contributed by atoms with Crippen molar-refractivity contribution in [2.24, 2.45) is 0 Å². The van der Waals surface area contributed by atoms with Crippen LogP contribution < -0.4 is 0 Å². The van der Waals surface area contributed by atoms with E-state index in [0.29, 0.717) is 12.6 Å². The Labute approximate surface area is 73.7 Å². The zero-order valence-electron chi connectivity index (χ0n) is 7.88. The van der Waals surface area contributed by atoms with E-state index >= 15 is 0 Å². The standard InChI is InChI=1S/C9H17NO2/c1-8(11)7-10(2)9-3-5-12-6-4-9/h9H,3-7H2,1-2H3. The van der Waals surface area contributed by atoms with Crippen LogP contribution >= 0.6 is 0 Å². The third-order valence-corrected chi connectivity index (χ3v) is 2.29. The Morgan fingerprint density at radius 3 is 2.58 bits per heavy atom. The molecule has 1 heterocycles. The van der Waals surface area contributed by atoms with E-state index in [9.17, 15) is 4.79 Å². The maximum atomic E-state index is 10.8. The van der Waals surface area contributed by atoms with Crippen molar-refractivity contribution < 1.29 is 9.53 Å². The largest absolute Gasteiger partial charge is 0.381 e. The molecule has 1 aliphatic rings. The number of carbonyl (C=O) groups excluding carboxylic acids is 1. The van der Waals surface area contributed by atoms with Crippen molar-refractivity contribution in [1.82, 2.24) is 4.90 Å². The predicted molar refractivity (Wildman–Crippen MR) is 47.2 cm³/mol. The molecule has 0 unspecified atom stereocenters. The van der Waals surface area contributed by atoms with Gasteiger partial charge in [-0.3, -0.25) is 9.69 Å². The van der Waals surface area contributed by atoms with Crippen LogP contribution in [0.1, 0.15) is 19.8 Å². The normalized spacial score (nSPS) is 19.9. The van der Waals surface area contributed by atoms with Gasteiger partial charge in [0, 0.05) is 19.3 Å². The molecule has 0 N–H and O–H groups in total. The van der Waals surface area contributed by atoms with Crippen LogP contribution in [0.3, 0.4) is 0 Å². The zero-order valence-corrected chi connectivity index (χ0v) is 7.88. The minimum atomic E-state index is 0.240. The van der Waals surface area contributed by atoms with Crippen LogP contribution in [0.2, 0.25) is 0 Å². The minimum Gasteiger partial charge on any atom is -0.381 e. The first-order chi connectivity index (χ1) is 5.70. The number of nitrogens with zero attached hydrogens (tertiary/aromatic N) is 1. The highest BCUT2D eigenvalue weighted by atomic mass is 16.5. The molecule has 0 spiro atoms. The van der Waals surface area contributed by atoms with Crippen molar-refractivity contribution in [2.75, 3.05) is 26.8 Å². The molecule has 70 valence electrons. The summed E-state index contributed by atoms with van der Waals surface area (Å²) in [7, 11) is 2.01. The van der Waals surface area contributed by atoms with E-state index in [-0.39, 0.29) is 5.78 Å². The Balaban J connectivity index is 2.29. The second-order valence-corrected chi connectivity index (χ2v) is 3.46. The molecule has 1 aliphatic heterocycles. The molecule has 3 nitrogen and oxygen atoms in total. The molecule has 0 saturated carbocycles. The molecule has 1 saturated heterocycles. The molecule has 0 aromatic carbocycles. The zero-order chi connectivity index (χ0) is 8.97. The Morgan fingerprint density at radius 2 is 2.08 bits per heavy atom. The molecule has 1 fully saturated rings. The lowest BCUT2D eigenvalue weighted by Gasteiger charge is -2.30. The number of Topliss-reactive ketones (excluding diaryl/α,β-unsaturated/α-hetero) is 1. The first-order valence-corrected chi connectivity index (χ1v) is 4.47. The smallest absolute Gasteiger partial charge is 0.143 e. The number of likely N-dealkylation sites (N-methyl/N-ethyl adjacent to an activating group) is 1. The summed E-state index contributed by atoms with van der Waals surface area (Å²) in [6.07, 6.45) is 2.12. The maximum Gasteiger partial charge on any atom is 0.143 e. The predicted octanol–water partition coefficient (Wildman–Crippen LogP) is 0.686. The third-order valence-electron chi connectivity index (χ3n) is 2.29. The van der Waals surface area contributed by atoms with E-state index in [1.165, 1.54) is 0 Å². The second kappa shape index (κ2) is 4.58.